The molecule has 0 spiro atoms. The highest BCUT2D eigenvalue weighted by Crippen LogP contribution is 2.32. The molecule has 1 aromatic rings. The first-order chi connectivity index (χ1) is 10.6. The van der Waals surface area contributed by atoms with Gasteiger partial charge in [-0.2, -0.15) is 8.78 Å². The predicted octanol–water partition coefficient (Wildman–Crippen LogP) is 1.59. The van der Waals surface area contributed by atoms with Crippen LogP contribution in [0.3, 0.4) is 0 Å². The van der Waals surface area contributed by atoms with Gasteiger partial charge in [-0.25, -0.2) is 0 Å². The Balaban J connectivity index is 1.75. The van der Waals surface area contributed by atoms with Crippen molar-refractivity contribution in [1.82, 2.24) is 10.2 Å². The zero-order chi connectivity index (χ0) is 15.7. The molecule has 5 nitrogen and oxygen atoms in total. The van der Waals surface area contributed by atoms with E-state index in [0.29, 0.717) is 17.4 Å². The van der Waals surface area contributed by atoms with Crippen molar-refractivity contribution in [1.29, 1.82) is 0 Å². The molecular weight excluding hydrogens is 294 g/mol. The standard InChI is InChI=1S/C15H18F2N2O3/c1-21-13-4-9(2-3-12(13)22-15(16)17)14(20)19-7-10-5-18-6-11(10)8-19/h2-4,10-11,15,18H,5-8H2,1H3/t10-,11+. The minimum Gasteiger partial charge on any atom is -0.493 e. The van der Waals surface area contributed by atoms with Gasteiger partial charge in [0.05, 0.1) is 7.11 Å². The molecule has 1 amide bonds. The Morgan fingerprint density at radius 1 is 1.27 bits per heavy atom. The zero-order valence-electron chi connectivity index (χ0n) is 12.2. The van der Waals surface area contributed by atoms with Crippen LogP contribution in [0.2, 0.25) is 0 Å². The van der Waals surface area contributed by atoms with E-state index in [4.69, 9.17) is 4.74 Å². The number of alkyl halides is 2. The molecule has 0 saturated carbocycles. The molecule has 0 aliphatic carbocycles. The smallest absolute Gasteiger partial charge is 0.387 e. The minimum atomic E-state index is -2.93. The number of likely N-dealkylation sites (tertiary alicyclic amines) is 1. The number of nitrogens with one attached hydrogen (secondary N) is 1. The average molecular weight is 312 g/mol. The maximum atomic E-state index is 12.5. The lowest BCUT2D eigenvalue weighted by molar-refractivity contribution is -0.0512. The fourth-order valence-electron chi connectivity index (χ4n) is 3.20. The van der Waals surface area contributed by atoms with E-state index in [1.165, 1.54) is 25.3 Å². The Kier molecular flexibility index (Phi) is 4.15. The highest BCUT2D eigenvalue weighted by molar-refractivity contribution is 5.95. The molecule has 7 heteroatoms. The van der Waals surface area contributed by atoms with Crippen molar-refractivity contribution in [2.45, 2.75) is 6.61 Å². The molecule has 1 N–H and O–H groups in total. The summed E-state index contributed by atoms with van der Waals surface area (Å²) in [7, 11) is 1.35. The second-order valence-corrected chi connectivity index (χ2v) is 5.63. The Bertz CT molecular complexity index is 556. The van der Waals surface area contributed by atoms with E-state index in [9.17, 15) is 13.6 Å². The number of fused-ring (bicyclic) bond motifs is 1. The molecule has 3 rings (SSSR count). The van der Waals surface area contributed by atoms with Crippen molar-refractivity contribution in [2.24, 2.45) is 11.8 Å². The van der Waals surface area contributed by atoms with Gasteiger partial charge in [0, 0.05) is 31.7 Å². The third kappa shape index (κ3) is 2.85. The number of carbonyl (C=O) groups excluding carboxylic acids is 1. The van der Waals surface area contributed by atoms with Crippen LogP contribution in [0.25, 0.3) is 0 Å². The van der Waals surface area contributed by atoms with Crippen LogP contribution >= 0.6 is 0 Å². The monoisotopic (exact) mass is 312 g/mol. The predicted molar refractivity (Wildman–Crippen MR) is 75.4 cm³/mol. The molecule has 0 radical (unpaired) electrons. The summed E-state index contributed by atoms with van der Waals surface area (Å²) < 4.78 is 34.0. The molecular formula is C15H18F2N2O3. The number of hydrogen-bond donors (Lipinski definition) is 1. The van der Waals surface area contributed by atoms with Gasteiger partial charge in [0.15, 0.2) is 11.5 Å². The highest BCUT2D eigenvalue weighted by atomic mass is 19.3. The summed E-state index contributed by atoms with van der Waals surface area (Å²) in [4.78, 5) is 14.4. The number of benzene rings is 1. The van der Waals surface area contributed by atoms with Gasteiger partial charge in [0.25, 0.3) is 5.91 Å². The van der Waals surface area contributed by atoms with Crippen LogP contribution in [0.4, 0.5) is 8.78 Å². The Morgan fingerprint density at radius 2 is 1.95 bits per heavy atom. The molecule has 2 aliphatic heterocycles. The Hall–Kier alpha value is -1.89. The number of ether oxygens (including phenoxy) is 2. The first kappa shape index (κ1) is 15.0. The molecule has 0 bridgehead atoms. The summed E-state index contributed by atoms with van der Waals surface area (Å²) in [5, 5.41) is 3.32. The molecule has 2 fully saturated rings. The van der Waals surface area contributed by atoms with Crippen LogP contribution in [0, 0.1) is 11.8 Å². The lowest BCUT2D eigenvalue weighted by atomic mass is 10.0. The number of halogens is 2. The second-order valence-electron chi connectivity index (χ2n) is 5.63. The van der Waals surface area contributed by atoms with Crippen molar-refractivity contribution >= 4 is 5.91 Å². The van der Waals surface area contributed by atoms with Crippen LogP contribution < -0.4 is 14.8 Å². The van der Waals surface area contributed by atoms with Gasteiger partial charge in [0.1, 0.15) is 0 Å². The first-order valence-electron chi connectivity index (χ1n) is 7.21. The van der Waals surface area contributed by atoms with Gasteiger partial charge >= 0.3 is 6.61 Å². The van der Waals surface area contributed by atoms with E-state index in [-0.39, 0.29) is 17.4 Å². The van der Waals surface area contributed by atoms with E-state index in [1.54, 1.807) is 0 Å². The van der Waals surface area contributed by atoms with E-state index in [2.05, 4.69) is 10.1 Å². The zero-order valence-corrected chi connectivity index (χ0v) is 12.2. The van der Waals surface area contributed by atoms with Crippen molar-refractivity contribution in [2.75, 3.05) is 33.3 Å². The second kappa shape index (κ2) is 6.08. The topological polar surface area (TPSA) is 50.8 Å². The fraction of sp³-hybridized carbons (Fsp3) is 0.533. The SMILES string of the molecule is COc1cc(C(=O)N2C[C@H]3CNC[C@H]3C2)ccc1OC(F)F. The number of hydrogen-bond acceptors (Lipinski definition) is 4. The lowest BCUT2D eigenvalue weighted by Gasteiger charge is -2.18. The maximum absolute atomic E-state index is 12.5. The highest BCUT2D eigenvalue weighted by Gasteiger charge is 2.38. The molecule has 1 aromatic carbocycles. The molecule has 22 heavy (non-hydrogen) atoms. The maximum Gasteiger partial charge on any atom is 0.387 e. The van der Waals surface area contributed by atoms with E-state index in [0.717, 1.165) is 26.2 Å². The molecule has 0 unspecified atom stereocenters. The van der Waals surface area contributed by atoms with Gasteiger partial charge in [-0.3, -0.25) is 4.79 Å². The van der Waals surface area contributed by atoms with Gasteiger partial charge in [-0.05, 0) is 30.0 Å². The summed E-state index contributed by atoms with van der Waals surface area (Å²) in [6, 6.07) is 4.29. The summed E-state index contributed by atoms with van der Waals surface area (Å²) in [5.41, 5.74) is 0.423. The number of nitrogens with zero attached hydrogens (tertiary/aromatic N) is 1. The Labute approximate surface area is 127 Å². The van der Waals surface area contributed by atoms with Gasteiger partial charge in [-0.15, -0.1) is 0 Å². The summed E-state index contributed by atoms with van der Waals surface area (Å²) in [5.74, 6) is 0.972. The van der Waals surface area contributed by atoms with Crippen molar-refractivity contribution in [3.8, 4) is 11.5 Å². The summed E-state index contributed by atoms with van der Waals surface area (Å²) >= 11 is 0. The van der Waals surface area contributed by atoms with Gasteiger partial charge in [-0.1, -0.05) is 0 Å². The van der Waals surface area contributed by atoms with Gasteiger partial charge in [0.2, 0.25) is 0 Å². The molecule has 0 aromatic heterocycles. The number of amides is 1. The minimum absolute atomic E-state index is 0.0726. The fourth-order valence-corrected chi connectivity index (χ4v) is 3.20. The van der Waals surface area contributed by atoms with Crippen LogP contribution in [-0.4, -0.2) is 50.7 Å². The van der Waals surface area contributed by atoms with Crippen molar-refractivity contribution in [3.05, 3.63) is 23.8 Å². The molecule has 2 saturated heterocycles. The van der Waals surface area contributed by atoms with Crippen molar-refractivity contribution < 1.29 is 23.0 Å². The van der Waals surface area contributed by atoms with Gasteiger partial charge < -0.3 is 19.7 Å². The molecule has 2 aliphatic rings. The normalized spacial score (nSPS) is 23.7. The van der Waals surface area contributed by atoms with E-state index in [1.807, 2.05) is 4.90 Å². The van der Waals surface area contributed by atoms with Crippen molar-refractivity contribution in [3.63, 3.8) is 0 Å². The first-order valence-corrected chi connectivity index (χ1v) is 7.21. The van der Waals surface area contributed by atoms with E-state index >= 15 is 0 Å². The average Bonchev–Trinajstić information content (AvgIpc) is 3.07. The number of rotatable bonds is 4. The van der Waals surface area contributed by atoms with Crippen LogP contribution in [0.5, 0.6) is 11.5 Å². The largest absolute Gasteiger partial charge is 0.493 e. The van der Waals surface area contributed by atoms with E-state index < -0.39 is 6.61 Å². The molecule has 2 atom stereocenters. The van der Waals surface area contributed by atoms with Crippen LogP contribution in [-0.2, 0) is 0 Å². The summed E-state index contributed by atoms with van der Waals surface area (Å²) in [6.45, 7) is 0.418. The van der Waals surface area contributed by atoms with Crippen LogP contribution in [0.15, 0.2) is 18.2 Å². The molecule has 2 heterocycles. The molecule has 120 valence electrons. The number of carbonyl (C=O) groups is 1. The third-order valence-corrected chi connectivity index (χ3v) is 4.30. The third-order valence-electron chi connectivity index (χ3n) is 4.30. The number of methoxy groups -OCH3 is 1. The quantitative estimate of drug-likeness (QED) is 0.917. The van der Waals surface area contributed by atoms with Crippen LogP contribution in [0.1, 0.15) is 10.4 Å². The Morgan fingerprint density at radius 3 is 2.55 bits per heavy atom. The summed E-state index contributed by atoms with van der Waals surface area (Å²) in [6.07, 6.45) is 0. The lowest BCUT2D eigenvalue weighted by Crippen LogP contribution is -2.31.